The molecular formula is C26H24FNO3S2. The van der Waals surface area contributed by atoms with E-state index < -0.39 is 0 Å². The number of halogens is 1. The van der Waals surface area contributed by atoms with Gasteiger partial charge in [-0.2, -0.15) is 0 Å². The second-order valence-corrected chi connectivity index (χ2v) is 9.54. The topological polar surface area (TPSA) is 38.8 Å². The Morgan fingerprint density at radius 2 is 1.70 bits per heavy atom. The Labute approximate surface area is 202 Å². The van der Waals surface area contributed by atoms with Crippen LogP contribution < -0.4 is 9.47 Å². The fraction of sp³-hybridized carbons (Fsp3) is 0.231. The van der Waals surface area contributed by atoms with Crippen LogP contribution in [-0.4, -0.2) is 34.0 Å². The normalized spacial score (nSPS) is 15.7. The van der Waals surface area contributed by atoms with Gasteiger partial charge in [-0.3, -0.25) is 9.69 Å². The van der Waals surface area contributed by atoms with E-state index in [0.29, 0.717) is 35.4 Å². The van der Waals surface area contributed by atoms with Crippen LogP contribution in [0.15, 0.2) is 72.8 Å². The van der Waals surface area contributed by atoms with Crippen molar-refractivity contribution >= 4 is 34.2 Å². The van der Waals surface area contributed by atoms with Crippen molar-refractivity contribution in [2.45, 2.75) is 24.7 Å². The third-order valence-electron chi connectivity index (χ3n) is 5.43. The highest BCUT2D eigenvalue weighted by atomic mass is 32.2. The summed E-state index contributed by atoms with van der Waals surface area (Å²) in [5, 5.41) is -0.246. The summed E-state index contributed by atoms with van der Waals surface area (Å²) in [5.41, 5.74) is 3.02. The SMILES string of the molecule is COc1cc(C[C@@H]2SC(=S)N(CCc3ccccc3)C2=O)ccc1OCc1ccc(F)cc1. The number of amides is 1. The number of benzene rings is 3. The van der Waals surface area contributed by atoms with Crippen molar-refractivity contribution in [3.05, 3.63) is 95.3 Å². The van der Waals surface area contributed by atoms with Gasteiger partial charge in [0.15, 0.2) is 11.5 Å². The number of ether oxygens (including phenoxy) is 2. The minimum atomic E-state index is -0.280. The van der Waals surface area contributed by atoms with E-state index in [-0.39, 0.29) is 17.0 Å². The average Bonchev–Trinajstić information content (AvgIpc) is 3.10. The highest BCUT2D eigenvalue weighted by molar-refractivity contribution is 8.24. The number of hydrogen-bond acceptors (Lipinski definition) is 5. The molecule has 0 radical (unpaired) electrons. The number of nitrogens with zero attached hydrogens (tertiary/aromatic N) is 1. The van der Waals surface area contributed by atoms with Crippen molar-refractivity contribution in [1.82, 2.24) is 4.90 Å². The standard InChI is InChI=1S/C26H24FNO3S2/c1-30-23-15-20(9-12-22(23)31-17-19-7-10-21(27)11-8-19)16-24-25(29)28(26(32)33-24)14-13-18-5-3-2-4-6-18/h2-12,15,24H,13-14,16-17H2,1H3/t24-/m0/s1. The van der Waals surface area contributed by atoms with Crippen LogP contribution in [0.4, 0.5) is 4.39 Å². The van der Waals surface area contributed by atoms with Crippen LogP contribution in [0.1, 0.15) is 16.7 Å². The number of thioether (sulfide) groups is 1. The van der Waals surface area contributed by atoms with E-state index in [0.717, 1.165) is 17.5 Å². The van der Waals surface area contributed by atoms with Crippen LogP contribution >= 0.6 is 24.0 Å². The summed E-state index contributed by atoms with van der Waals surface area (Å²) < 4.78 is 25.1. The van der Waals surface area contributed by atoms with Gasteiger partial charge in [0, 0.05) is 6.54 Å². The highest BCUT2D eigenvalue weighted by Crippen LogP contribution is 2.33. The predicted octanol–water partition coefficient (Wildman–Crippen LogP) is 5.43. The Bertz CT molecular complexity index is 1120. The number of rotatable bonds is 9. The summed E-state index contributed by atoms with van der Waals surface area (Å²) in [7, 11) is 1.58. The van der Waals surface area contributed by atoms with Gasteiger partial charge in [-0.15, -0.1) is 0 Å². The number of carbonyl (C=O) groups excluding carboxylic acids is 1. The average molecular weight is 482 g/mol. The Kier molecular flexibility index (Phi) is 7.62. The van der Waals surface area contributed by atoms with Crippen molar-refractivity contribution in [3.8, 4) is 11.5 Å². The van der Waals surface area contributed by atoms with E-state index in [4.69, 9.17) is 21.7 Å². The molecule has 4 nitrogen and oxygen atoms in total. The number of hydrogen-bond donors (Lipinski definition) is 0. The Hall–Kier alpha value is -2.90. The smallest absolute Gasteiger partial charge is 0.241 e. The lowest BCUT2D eigenvalue weighted by molar-refractivity contribution is -0.126. The second-order valence-electron chi connectivity index (χ2n) is 7.70. The summed E-state index contributed by atoms with van der Waals surface area (Å²) in [6.45, 7) is 0.891. The van der Waals surface area contributed by atoms with Crippen LogP contribution in [-0.2, 0) is 24.2 Å². The molecule has 1 aliphatic rings. The minimum absolute atomic E-state index is 0.0523. The molecule has 1 fully saturated rings. The minimum Gasteiger partial charge on any atom is -0.493 e. The van der Waals surface area contributed by atoms with E-state index in [2.05, 4.69) is 12.1 Å². The summed E-state index contributed by atoms with van der Waals surface area (Å²) in [6.07, 6.45) is 1.33. The first-order valence-electron chi connectivity index (χ1n) is 10.6. The molecule has 1 atom stereocenters. The van der Waals surface area contributed by atoms with E-state index in [9.17, 15) is 9.18 Å². The monoisotopic (exact) mass is 481 g/mol. The molecule has 0 bridgehead atoms. The van der Waals surface area contributed by atoms with Crippen molar-refractivity contribution < 1.29 is 18.7 Å². The van der Waals surface area contributed by atoms with Crippen LogP contribution in [0, 0.1) is 5.82 Å². The number of carbonyl (C=O) groups is 1. The zero-order valence-electron chi connectivity index (χ0n) is 18.2. The third-order valence-corrected chi connectivity index (χ3v) is 7.01. The van der Waals surface area contributed by atoms with Crippen molar-refractivity contribution in [3.63, 3.8) is 0 Å². The maximum atomic E-state index is 13.1. The zero-order chi connectivity index (χ0) is 23.2. The first-order chi connectivity index (χ1) is 16.0. The molecule has 1 heterocycles. The Balaban J connectivity index is 1.37. The fourth-order valence-electron chi connectivity index (χ4n) is 3.63. The van der Waals surface area contributed by atoms with E-state index >= 15 is 0 Å². The molecule has 1 aliphatic heterocycles. The lowest BCUT2D eigenvalue weighted by Gasteiger charge is -2.16. The van der Waals surface area contributed by atoms with Gasteiger partial charge in [0.2, 0.25) is 5.91 Å². The zero-order valence-corrected chi connectivity index (χ0v) is 19.8. The molecule has 0 unspecified atom stereocenters. The highest BCUT2D eigenvalue weighted by Gasteiger charge is 2.36. The maximum absolute atomic E-state index is 13.1. The summed E-state index contributed by atoms with van der Waals surface area (Å²) in [4.78, 5) is 14.7. The lowest BCUT2D eigenvalue weighted by atomic mass is 10.1. The van der Waals surface area contributed by atoms with Crippen molar-refractivity contribution in [2.24, 2.45) is 0 Å². The maximum Gasteiger partial charge on any atom is 0.241 e. The molecular weight excluding hydrogens is 457 g/mol. The van der Waals surface area contributed by atoms with Gasteiger partial charge < -0.3 is 9.47 Å². The van der Waals surface area contributed by atoms with Crippen molar-refractivity contribution in [1.29, 1.82) is 0 Å². The molecule has 3 aromatic rings. The molecule has 0 spiro atoms. The molecule has 0 aliphatic carbocycles. The number of methoxy groups -OCH3 is 1. The van der Waals surface area contributed by atoms with Gasteiger partial charge in [-0.05, 0) is 53.8 Å². The van der Waals surface area contributed by atoms with Gasteiger partial charge >= 0.3 is 0 Å². The van der Waals surface area contributed by atoms with Crippen molar-refractivity contribution in [2.75, 3.05) is 13.7 Å². The van der Waals surface area contributed by atoms with Gasteiger partial charge in [-0.25, -0.2) is 4.39 Å². The van der Waals surface area contributed by atoms with Crippen LogP contribution in [0.3, 0.4) is 0 Å². The van der Waals surface area contributed by atoms with E-state index in [1.54, 1.807) is 24.1 Å². The Morgan fingerprint density at radius 3 is 2.42 bits per heavy atom. The summed E-state index contributed by atoms with van der Waals surface area (Å²) in [5.74, 6) is 0.958. The molecule has 0 saturated carbocycles. The predicted molar refractivity (Wildman–Crippen MR) is 133 cm³/mol. The largest absolute Gasteiger partial charge is 0.493 e. The molecule has 3 aromatic carbocycles. The molecule has 7 heteroatoms. The molecule has 0 N–H and O–H groups in total. The lowest BCUT2D eigenvalue weighted by Crippen LogP contribution is -2.33. The summed E-state index contributed by atoms with van der Waals surface area (Å²) >= 11 is 6.93. The molecule has 33 heavy (non-hydrogen) atoms. The van der Waals surface area contributed by atoms with E-state index in [1.165, 1.54) is 29.5 Å². The van der Waals surface area contributed by atoms with E-state index in [1.807, 2.05) is 36.4 Å². The first kappa shape index (κ1) is 23.3. The van der Waals surface area contributed by atoms with Crippen LogP contribution in [0.5, 0.6) is 11.5 Å². The van der Waals surface area contributed by atoms with Gasteiger partial charge in [0.05, 0.1) is 12.4 Å². The van der Waals surface area contributed by atoms with Gasteiger partial charge in [0.25, 0.3) is 0 Å². The second kappa shape index (κ2) is 10.8. The Morgan fingerprint density at radius 1 is 0.970 bits per heavy atom. The molecule has 4 rings (SSSR count). The quantitative estimate of drug-likeness (QED) is 0.381. The molecule has 170 valence electrons. The molecule has 1 amide bonds. The first-order valence-corrected chi connectivity index (χ1v) is 11.9. The van der Waals surface area contributed by atoms with Crippen LogP contribution in [0.25, 0.3) is 0 Å². The molecule has 0 aromatic heterocycles. The van der Waals surface area contributed by atoms with Crippen LogP contribution in [0.2, 0.25) is 0 Å². The van der Waals surface area contributed by atoms with Gasteiger partial charge in [0.1, 0.15) is 16.7 Å². The third kappa shape index (κ3) is 5.92. The number of thiocarbonyl (C=S) groups is 1. The summed E-state index contributed by atoms with van der Waals surface area (Å²) in [6, 6.07) is 21.9. The molecule has 1 saturated heterocycles. The van der Waals surface area contributed by atoms with Gasteiger partial charge in [-0.1, -0.05) is 72.5 Å². The fourth-order valence-corrected chi connectivity index (χ4v) is 5.22.